The molecule has 0 spiro atoms. The van der Waals surface area contributed by atoms with Crippen molar-refractivity contribution in [2.75, 3.05) is 17.5 Å². The molecule has 3 aromatic rings. The van der Waals surface area contributed by atoms with Crippen molar-refractivity contribution in [2.24, 2.45) is 0 Å². The molecule has 0 aliphatic carbocycles. The molecule has 0 saturated carbocycles. The third-order valence-electron chi connectivity index (χ3n) is 4.85. The Balaban J connectivity index is 1.85. The summed E-state index contributed by atoms with van der Waals surface area (Å²) in [5, 5.41) is 0. The molecule has 6 nitrogen and oxygen atoms in total. The molecule has 3 heterocycles. The second-order valence-electron chi connectivity index (χ2n) is 6.78. The fraction of sp³-hybridized carbons (Fsp3) is 0.238. The van der Waals surface area contributed by atoms with Crippen molar-refractivity contribution in [3.63, 3.8) is 0 Å². The molecule has 0 unspecified atom stereocenters. The maximum Gasteiger partial charge on any atom is 0.351 e. The van der Waals surface area contributed by atoms with Crippen molar-refractivity contribution in [1.82, 2.24) is 4.98 Å². The van der Waals surface area contributed by atoms with E-state index in [0.717, 1.165) is 16.9 Å². The van der Waals surface area contributed by atoms with Gasteiger partial charge in [-0.05, 0) is 44.5 Å². The zero-order chi connectivity index (χ0) is 21.5. The highest BCUT2D eigenvalue weighted by molar-refractivity contribution is 7.92. The normalized spacial score (nSPS) is 13.4. The summed E-state index contributed by atoms with van der Waals surface area (Å²) in [6.45, 7) is 3.69. The largest absolute Gasteiger partial charge is 0.462 e. The number of pyridine rings is 1. The zero-order valence-corrected chi connectivity index (χ0v) is 18.0. The molecule has 0 atom stereocenters. The van der Waals surface area contributed by atoms with Gasteiger partial charge in [0.25, 0.3) is 10.0 Å². The van der Waals surface area contributed by atoms with Crippen molar-refractivity contribution in [2.45, 2.75) is 25.2 Å². The average molecular weight is 447 g/mol. The van der Waals surface area contributed by atoms with Gasteiger partial charge in [0.15, 0.2) is 5.82 Å². The lowest BCUT2D eigenvalue weighted by atomic mass is 10.1. The topological polar surface area (TPSA) is 76.6 Å². The molecule has 0 bridgehead atoms. The minimum Gasteiger partial charge on any atom is -0.462 e. The molecule has 0 fully saturated rings. The van der Waals surface area contributed by atoms with E-state index in [0.29, 0.717) is 16.3 Å². The fourth-order valence-electron chi connectivity index (χ4n) is 3.38. The van der Waals surface area contributed by atoms with Crippen molar-refractivity contribution >= 4 is 33.0 Å². The number of ether oxygens (including phenoxy) is 1. The first-order chi connectivity index (χ1) is 14.3. The highest BCUT2D eigenvalue weighted by Gasteiger charge is 2.34. The predicted octanol–water partition coefficient (Wildman–Crippen LogP) is 4.19. The number of hydrogen-bond donors (Lipinski definition) is 0. The highest BCUT2D eigenvalue weighted by atomic mass is 32.2. The maximum atomic E-state index is 15.1. The third kappa shape index (κ3) is 3.37. The van der Waals surface area contributed by atoms with E-state index in [9.17, 15) is 13.2 Å². The second kappa shape index (κ2) is 7.81. The monoisotopic (exact) mass is 446 g/mol. The number of halogens is 1. The Hall–Kier alpha value is -2.78. The third-order valence-corrected chi connectivity index (χ3v) is 7.87. The minimum atomic E-state index is -3.88. The Labute approximate surface area is 178 Å². The molecule has 0 amide bonds. The van der Waals surface area contributed by atoms with E-state index in [-0.39, 0.29) is 34.9 Å². The lowest BCUT2D eigenvalue weighted by Crippen LogP contribution is -2.32. The first-order valence-electron chi connectivity index (χ1n) is 9.37. The number of anilines is 1. The van der Waals surface area contributed by atoms with Crippen molar-refractivity contribution in [3.05, 3.63) is 64.4 Å². The average Bonchev–Trinajstić information content (AvgIpc) is 2.95. The number of carbonyl (C=O) groups is 1. The molecule has 0 N–H and O–H groups in total. The number of carbonyl (C=O) groups excluding carboxylic acids is 1. The lowest BCUT2D eigenvalue weighted by molar-refractivity contribution is 0.0527. The zero-order valence-electron chi connectivity index (χ0n) is 16.4. The summed E-state index contributed by atoms with van der Waals surface area (Å²) in [4.78, 5) is 17.0. The van der Waals surface area contributed by atoms with Crippen LogP contribution in [0.25, 0.3) is 10.6 Å². The number of hydrogen-bond acceptors (Lipinski definition) is 6. The van der Waals surface area contributed by atoms with Crippen LogP contribution in [0.2, 0.25) is 0 Å². The number of thiophene rings is 1. The van der Waals surface area contributed by atoms with Crippen LogP contribution in [-0.4, -0.2) is 32.5 Å². The van der Waals surface area contributed by atoms with Gasteiger partial charge < -0.3 is 4.74 Å². The van der Waals surface area contributed by atoms with Gasteiger partial charge in [0.1, 0.15) is 10.6 Å². The summed E-state index contributed by atoms with van der Waals surface area (Å²) in [6, 6.07) is 9.86. The molecule has 9 heteroatoms. The Morgan fingerprint density at radius 3 is 2.70 bits per heavy atom. The Kier molecular flexibility index (Phi) is 5.33. The predicted molar refractivity (Wildman–Crippen MR) is 113 cm³/mol. The van der Waals surface area contributed by atoms with Crippen molar-refractivity contribution in [1.29, 1.82) is 0 Å². The van der Waals surface area contributed by atoms with E-state index in [1.165, 1.54) is 10.5 Å². The summed E-state index contributed by atoms with van der Waals surface area (Å²) in [6.07, 6.45) is 1.63. The van der Waals surface area contributed by atoms with Crippen molar-refractivity contribution in [3.8, 4) is 10.6 Å². The fourth-order valence-corrected chi connectivity index (χ4v) is 5.98. The van der Waals surface area contributed by atoms with E-state index in [4.69, 9.17) is 4.74 Å². The van der Waals surface area contributed by atoms with Crippen LogP contribution in [0, 0.1) is 12.7 Å². The van der Waals surface area contributed by atoms with Gasteiger partial charge in [-0.15, -0.1) is 11.3 Å². The molecule has 0 radical (unpaired) electrons. The summed E-state index contributed by atoms with van der Waals surface area (Å²) in [7, 11) is -3.88. The van der Waals surface area contributed by atoms with E-state index in [1.807, 2.05) is 6.92 Å². The van der Waals surface area contributed by atoms with Gasteiger partial charge in [-0.2, -0.15) is 0 Å². The number of esters is 1. The van der Waals surface area contributed by atoms with Crippen LogP contribution in [0.1, 0.15) is 27.7 Å². The Morgan fingerprint density at radius 1 is 1.27 bits per heavy atom. The number of nitrogens with zero attached hydrogens (tertiary/aromatic N) is 2. The molecule has 1 aliphatic rings. The molecular weight excluding hydrogens is 427 g/mol. The Morgan fingerprint density at radius 2 is 2.00 bits per heavy atom. The number of rotatable bonds is 4. The molecule has 4 rings (SSSR count). The molecule has 1 aromatic carbocycles. The van der Waals surface area contributed by atoms with Gasteiger partial charge in [0, 0.05) is 18.3 Å². The van der Waals surface area contributed by atoms with Gasteiger partial charge in [-0.1, -0.05) is 17.7 Å². The molecule has 0 saturated heterocycles. The SMILES string of the molecule is CCOC(=O)c1sc2c(c1F)CCN(S(=O)(=O)c1ccc(C)cc1)c1cccnc1-2. The van der Waals surface area contributed by atoms with E-state index in [2.05, 4.69) is 4.98 Å². The number of sulfonamides is 1. The molecule has 156 valence electrons. The summed E-state index contributed by atoms with van der Waals surface area (Å²) in [5.74, 6) is -1.39. The van der Waals surface area contributed by atoms with E-state index >= 15 is 4.39 Å². The second-order valence-corrected chi connectivity index (χ2v) is 9.67. The van der Waals surface area contributed by atoms with Crippen LogP contribution < -0.4 is 4.31 Å². The quantitative estimate of drug-likeness (QED) is 0.562. The van der Waals surface area contributed by atoms with Crippen LogP contribution >= 0.6 is 11.3 Å². The van der Waals surface area contributed by atoms with Crippen LogP contribution in [0.15, 0.2) is 47.5 Å². The van der Waals surface area contributed by atoms with Gasteiger partial charge >= 0.3 is 5.97 Å². The standard InChI is InChI=1S/C21H19FN2O4S2/c1-3-28-21(25)20-17(22)15-10-12-24(16-5-4-11-23-18(16)19(15)29-20)30(26,27)14-8-6-13(2)7-9-14/h4-9,11H,3,10,12H2,1-2H3. The lowest BCUT2D eigenvalue weighted by Gasteiger charge is -2.24. The van der Waals surface area contributed by atoms with Crippen LogP contribution in [-0.2, 0) is 21.2 Å². The van der Waals surface area contributed by atoms with Gasteiger partial charge in [-0.3, -0.25) is 9.29 Å². The van der Waals surface area contributed by atoms with E-state index in [1.54, 1.807) is 43.3 Å². The van der Waals surface area contributed by atoms with Gasteiger partial charge in [0.05, 0.1) is 22.1 Å². The van der Waals surface area contributed by atoms with Gasteiger partial charge in [-0.25, -0.2) is 17.6 Å². The van der Waals surface area contributed by atoms with E-state index < -0.39 is 21.8 Å². The highest BCUT2D eigenvalue weighted by Crippen LogP contribution is 2.43. The first kappa shape index (κ1) is 20.5. The number of fused-ring (bicyclic) bond motifs is 3. The molecule has 1 aliphatic heterocycles. The van der Waals surface area contributed by atoms with Crippen LogP contribution in [0.4, 0.5) is 10.1 Å². The molecule has 2 aromatic heterocycles. The first-order valence-corrected chi connectivity index (χ1v) is 11.6. The van der Waals surface area contributed by atoms with Crippen LogP contribution in [0.5, 0.6) is 0 Å². The maximum absolute atomic E-state index is 15.1. The minimum absolute atomic E-state index is 0.0256. The van der Waals surface area contributed by atoms with Crippen molar-refractivity contribution < 1.29 is 22.3 Å². The number of aromatic nitrogens is 1. The summed E-state index contributed by atoms with van der Waals surface area (Å²) >= 11 is 0.943. The van der Waals surface area contributed by atoms with Crippen LogP contribution in [0.3, 0.4) is 0 Å². The van der Waals surface area contributed by atoms with Gasteiger partial charge in [0.2, 0.25) is 0 Å². The summed E-state index contributed by atoms with van der Waals surface area (Å²) in [5.41, 5.74) is 1.92. The molecular formula is C21H19FN2O4S2. The number of aryl methyl sites for hydroxylation is 1. The summed E-state index contributed by atoms with van der Waals surface area (Å²) < 4.78 is 48.0. The Bertz CT molecular complexity index is 1220. The molecule has 30 heavy (non-hydrogen) atoms. The number of benzene rings is 1. The smallest absolute Gasteiger partial charge is 0.351 e.